The lowest BCUT2D eigenvalue weighted by atomic mass is 9.89. The van der Waals surface area contributed by atoms with Gasteiger partial charge < -0.3 is 10.4 Å². The zero-order chi connectivity index (χ0) is 12.2. The van der Waals surface area contributed by atoms with Crippen molar-refractivity contribution in [2.45, 2.75) is 39.7 Å². The van der Waals surface area contributed by atoms with Crippen molar-refractivity contribution in [1.29, 1.82) is 0 Å². The highest BCUT2D eigenvalue weighted by molar-refractivity contribution is 5.23. The molecular formula is C12H23N3O. The molecule has 0 saturated carbocycles. The molecular weight excluding hydrogens is 202 g/mol. The third-order valence-electron chi connectivity index (χ3n) is 2.59. The van der Waals surface area contributed by atoms with E-state index in [0.29, 0.717) is 5.92 Å². The molecule has 4 heteroatoms. The van der Waals surface area contributed by atoms with Gasteiger partial charge in [-0.1, -0.05) is 27.7 Å². The van der Waals surface area contributed by atoms with E-state index in [9.17, 15) is 0 Å². The van der Waals surface area contributed by atoms with Crippen molar-refractivity contribution in [3.05, 3.63) is 17.5 Å². The smallest absolute Gasteiger partial charge is 0.0535 e. The molecule has 1 unspecified atom stereocenters. The molecule has 1 aromatic heterocycles. The fraction of sp³-hybridized carbons (Fsp3) is 0.750. The number of aromatic amines is 1. The Hall–Kier alpha value is -0.870. The molecule has 0 amide bonds. The van der Waals surface area contributed by atoms with Crippen LogP contribution in [-0.4, -0.2) is 28.5 Å². The van der Waals surface area contributed by atoms with E-state index < -0.39 is 0 Å². The molecule has 0 radical (unpaired) electrons. The number of hydrogen-bond donors (Lipinski definition) is 3. The number of aliphatic hydroxyl groups is 1. The van der Waals surface area contributed by atoms with Crippen molar-refractivity contribution in [1.82, 2.24) is 15.5 Å². The van der Waals surface area contributed by atoms with Gasteiger partial charge in [0.2, 0.25) is 0 Å². The van der Waals surface area contributed by atoms with E-state index in [-0.39, 0.29) is 12.0 Å². The molecule has 0 saturated heterocycles. The van der Waals surface area contributed by atoms with Crippen molar-refractivity contribution in [3.63, 3.8) is 0 Å². The summed E-state index contributed by atoms with van der Waals surface area (Å²) in [4.78, 5) is 0. The van der Waals surface area contributed by atoms with Crippen LogP contribution in [0, 0.1) is 5.92 Å². The molecule has 1 heterocycles. The Morgan fingerprint density at radius 2 is 2.19 bits per heavy atom. The van der Waals surface area contributed by atoms with Gasteiger partial charge in [0.05, 0.1) is 6.20 Å². The second-order valence-corrected chi connectivity index (χ2v) is 5.44. The predicted octanol–water partition coefficient (Wildman–Crippen LogP) is 1.43. The second kappa shape index (κ2) is 5.46. The summed E-state index contributed by atoms with van der Waals surface area (Å²) in [5.41, 5.74) is 2.48. The lowest BCUT2D eigenvalue weighted by Crippen LogP contribution is -2.24. The van der Waals surface area contributed by atoms with Gasteiger partial charge in [-0.05, 0) is 5.92 Å². The van der Waals surface area contributed by atoms with Gasteiger partial charge >= 0.3 is 0 Å². The van der Waals surface area contributed by atoms with Gasteiger partial charge in [-0.2, -0.15) is 5.10 Å². The third kappa shape index (κ3) is 3.61. The fourth-order valence-corrected chi connectivity index (χ4v) is 1.61. The predicted molar refractivity (Wildman–Crippen MR) is 65.2 cm³/mol. The first-order valence-corrected chi connectivity index (χ1v) is 5.79. The topological polar surface area (TPSA) is 60.9 Å². The van der Waals surface area contributed by atoms with Crippen LogP contribution < -0.4 is 5.32 Å². The van der Waals surface area contributed by atoms with Crippen LogP contribution in [0.5, 0.6) is 0 Å². The molecule has 1 atom stereocenters. The van der Waals surface area contributed by atoms with E-state index in [1.807, 2.05) is 13.1 Å². The van der Waals surface area contributed by atoms with Crippen LogP contribution in [0.1, 0.15) is 39.0 Å². The molecule has 0 spiro atoms. The van der Waals surface area contributed by atoms with Crippen molar-refractivity contribution in [2.24, 2.45) is 5.92 Å². The minimum Gasteiger partial charge on any atom is -0.396 e. The van der Waals surface area contributed by atoms with Crippen LogP contribution in [0.4, 0.5) is 0 Å². The number of hydrogen-bond acceptors (Lipinski definition) is 3. The maximum Gasteiger partial charge on any atom is 0.0535 e. The van der Waals surface area contributed by atoms with E-state index in [0.717, 1.165) is 13.1 Å². The van der Waals surface area contributed by atoms with E-state index in [4.69, 9.17) is 5.11 Å². The monoisotopic (exact) mass is 225 g/mol. The lowest BCUT2D eigenvalue weighted by molar-refractivity contribution is 0.233. The highest BCUT2D eigenvalue weighted by atomic mass is 16.3. The third-order valence-corrected chi connectivity index (χ3v) is 2.59. The molecule has 4 nitrogen and oxygen atoms in total. The highest BCUT2D eigenvalue weighted by Crippen LogP contribution is 2.23. The number of aliphatic hydroxyl groups excluding tert-OH is 1. The zero-order valence-electron chi connectivity index (χ0n) is 10.7. The summed E-state index contributed by atoms with van der Waals surface area (Å²) in [6.45, 7) is 10.4. The SMILES string of the molecule is CC(CO)CNCc1cn[nH]c1C(C)(C)C. The quantitative estimate of drug-likeness (QED) is 0.710. The van der Waals surface area contributed by atoms with E-state index in [1.54, 1.807) is 0 Å². The lowest BCUT2D eigenvalue weighted by Gasteiger charge is -2.19. The maximum atomic E-state index is 8.92. The highest BCUT2D eigenvalue weighted by Gasteiger charge is 2.19. The molecule has 0 aliphatic rings. The Morgan fingerprint density at radius 1 is 1.50 bits per heavy atom. The van der Waals surface area contributed by atoms with Crippen LogP contribution in [0.3, 0.4) is 0 Å². The minimum absolute atomic E-state index is 0.0934. The summed E-state index contributed by atoms with van der Waals surface area (Å²) >= 11 is 0. The van der Waals surface area contributed by atoms with Gasteiger partial charge in [0.15, 0.2) is 0 Å². The molecule has 1 aromatic rings. The molecule has 1 rings (SSSR count). The first kappa shape index (κ1) is 13.2. The largest absolute Gasteiger partial charge is 0.396 e. The normalized spacial score (nSPS) is 14.1. The van der Waals surface area contributed by atoms with Gasteiger partial charge in [0, 0.05) is 36.4 Å². The fourth-order valence-electron chi connectivity index (χ4n) is 1.61. The van der Waals surface area contributed by atoms with Crippen molar-refractivity contribution in [2.75, 3.05) is 13.2 Å². The molecule has 0 aromatic carbocycles. The Labute approximate surface area is 97.5 Å². The molecule has 3 N–H and O–H groups in total. The number of aromatic nitrogens is 2. The van der Waals surface area contributed by atoms with Crippen LogP contribution in [0.2, 0.25) is 0 Å². The van der Waals surface area contributed by atoms with Gasteiger partial charge in [0.25, 0.3) is 0 Å². The van der Waals surface area contributed by atoms with Crippen LogP contribution in [0.15, 0.2) is 6.20 Å². The van der Waals surface area contributed by atoms with Crippen molar-refractivity contribution >= 4 is 0 Å². The van der Waals surface area contributed by atoms with Gasteiger partial charge in [0.1, 0.15) is 0 Å². The molecule has 0 bridgehead atoms. The Morgan fingerprint density at radius 3 is 2.75 bits per heavy atom. The summed E-state index contributed by atoms with van der Waals surface area (Å²) < 4.78 is 0. The Bertz CT molecular complexity index is 314. The number of H-pyrrole nitrogens is 1. The van der Waals surface area contributed by atoms with Gasteiger partial charge in [-0.25, -0.2) is 0 Å². The summed E-state index contributed by atoms with van der Waals surface area (Å²) in [5, 5.41) is 19.4. The van der Waals surface area contributed by atoms with Gasteiger partial charge in [-0.15, -0.1) is 0 Å². The molecule has 0 aliphatic heterocycles. The van der Waals surface area contributed by atoms with Crippen LogP contribution in [0.25, 0.3) is 0 Å². The second-order valence-electron chi connectivity index (χ2n) is 5.44. The van der Waals surface area contributed by atoms with E-state index >= 15 is 0 Å². The van der Waals surface area contributed by atoms with Gasteiger partial charge in [-0.3, -0.25) is 5.10 Å². The summed E-state index contributed by atoms with van der Waals surface area (Å²) in [5.74, 6) is 0.296. The molecule has 92 valence electrons. The zero-order valence-corrected chi connectivity index (χ0v) is 10.7. The number of rotatable bonds is 5. The minimum atomic E-state index is 0.0934. The first-order valence-electron chi connectivity index (χ1n) is 5.79. The van der Waals surface area contributed by atoms with Crippen molar-refractivity contribution in [3.8, 4) is 0 Å². The average molecular weight is 225 g/mol. The van der Waals surface area contributed by atoms with Crippen LogP contribution in [-0.2, 0) is 12.0 Å². The number of nitrogens with zero attached hydrogens (tertiary/aromatic N) is 1. The average Bonchev–Trinajstić information content (AvgIpc) is 2.65. The standard InChI is InChI=1S/C12H23N3O/c1-9(8-16)5-13-6-10-7-14-15-11(10)12(2,3)4/h7,9,13,16H,5-6,8H2,1-4H3,(H,14,15). The molecule has 16 heavy (non-hydrogen) atoms. The summed E-state index contributed by atoms with van der Waals surface area (Å²) in [6.07, 6.45) is 1.87. The Kier molecular flexibility index (Phi) is 4.50. The van der Waals surface area contributed by atoms with E-state index in [1.165, 1.54) is 11.3 Å². The number of nitrogens with one attached hydrogen (secondary N) is 2. The summed E-state index contributed by atoms with van der Waals surface area (Å²) in [7, 11) is 0. The first-order chi connectivity index (χ1) is 7.45. The summed E-state index contributed by atoms with van der Waals surface area (Å²) in [6, 6.07) is 0. The molecule has 0 fully saturated rings. The molecule has 0 aliphatic carbocycles. The maximum absolute atomic E-state index is 8.92. The van der Waals surface area contributed by atoms with E-state index in [2.05, 4.69) is 36.3 Å². The van der Waals surface area contributed by atoms with Crippen LogP contribution >= 0.6 is 0 Å². The Balaban J connectivity index is 2.52. The van der Waals surface area contributed by atoms with Crippen molar-refractivity contribution < 1.29 is 5.11 Å².